The standard InChI is InChI=1S/C18H19N7O/c1-24-16-7-11(3-4-15(16)21-23-24)14-5-6-25-17(14)10-19-18(22-25)20-12-8-13(9-12)26-2/h3-7,10,12-13H,8-9H2,1-2H3,(H,20,22)/t12-,13+. The number of aryl methyl sites for hydroxylation is 1. The highest BCUT2D eigenvalue weighted by molar-refractivity contribution is 5.87. The SMILES string of the molecule is CO[C@H]1C[C@@H](Nc2ncc3c(-c4ccc5nnn(C)c5c4)ccn3n2)C1. The van der Waals surface area contributed by atoms with E-state index in [0.717, 1.165) is 40.5 Å². The Kier molecular flexibility index (Phi) is 3.39. The number of hydrogen-bond donors (Lipinski definition) is 1. The zero-order chi connectivity index (χ0) is 17.7. The summed E-state index contributed by atoms with van der Waals surface area (Å²) in [6.45, 7) is 0. The van der Waals surface area contributed by atoms with Crippen LogP contribution in [-0.2, 0) is 11.8 Å². The number of benzene rings is 1. The quantitative estimate of drug-likeness (QED) is 0.609. The predicted molar refractivity (Wildman–Crippen MR) is 97.9 cm³/mol. The average Bonchev–Trinajstić information content (AvgIpc) is 3.21. The second-order valence-corrected chi connectivity index (χ2v) is 6.73. The van der Waals surface area contributed by atoms with E-state index in [1.54, 1.807) is 11.8 Å². The van der Waals surface area contributed by atoms with Gasteiger partial charge in [-0.05, 0) is 36.6 Å². The van der Waals surface area contributed by atoms with Gasteiger partial charge in [0.1, 0.15) is 5.52 Å². The molecule has 3 heterocycles. The van der Waals surface area contributed by atoms with Gasteiger partial charge in [0, 0.05) is 32.0 Å². The molecule has 0 aliphatic heterocycles. The zero-order valence-electron chi connectivity index (χ0n) is 14.6. The molecule has 26 heavy (non-hydrogen) atoms. The van der Waals surface area contributed by atoms with Gasteiger partial charge in [-0.2, -0.15) is 0 Å². The first kappa shape index (κ1) is 15.3. The maximum atomic E-state index is 5.31. The molecule has 3 aromatic heterocycles. The molecule has 0 bridgehead atoms. The van der Waals surface area contributed by atoms with Crippen LogP contribution >= 0.6 is 0 Å². The van der Waals surface area contributed by atoms with Crippen LogP contribution in [0.2, 0.25) is 0 Å². The first-order valence-corrected chi connectivity index (χ1v) is 8.65. The third kappa shape index (κ3) is 2.41. The molecule has 0 spiro atoms. The number of nitrogens with zero attached hydrogens (tertiary/aromatic N) is 6. The summed E-state index contributed by atoms with van der Waals surface area (Å²) < 4.78 is 8.96. The Bertz CT molecular complexity index is 1090. The van der Waals surface area contributed by atoms with Crippen molar-refractivity contribution in [3.8, 4) is 11.1 Å². The van der Waals surface area contributed by atoms with Crippen molar-refractivity contribution in [2.45, 2.75) is 25.0 Å². The molecule has 1 saturated carbocycles. The highest BCUT2D eigenvalue weighted by Crippen LogP contribution is 2.29. The van der Waals surface area contributed by atoms with Crippen LogP contribution in [0.15, 0.2) is 36.7 Å². The molecular formula is C18H19N7O. The Hall–Kier alpha value is -3.00. The van der Waals surface area contributed by atoms with Gasteiger partial charge in [-0.25, -0.2) is 14.2 Å². The molecule has 0 atom stereocenters. The van der Waals surface area contributed by atoms with Gasteiger partial charge in [0.05, 0.1) is 23.3 Å². The second-order valence-electron chi connectivity index (χ2n) is 6.73. The molecule has 0 unspecified atom stereocenters. The van der Waals surface area contributed by atoms with Gasteiger partial charge in [0.25, 0.3) is 0 Å². The maximum Gasteiger partial charge on any atom is 0.241 e. The molecule has 1 aliphatic rings. The Morgan fingerprint density at radius 1 is 1.19 bits per heavy atom. The first-order valence-electron chi connectivity index (χ1n) is 8.65. The van der Waals surface area contributed by atoms with Gasteiger partial charge in [0.2, 0.25) is 5.95 Å². The monoisotopic (exact) mass is 349 g/mol. The predicted octanol–water partition coefficient (Wildman–Crippen LogP) is 2.27. The minimum Gasteiger partial charge on any atom is -0.381 e. The van der Waals surface area contributed by atoms with Crippen LogP contribution in [0.1, 0.15) is 12.8 Å². The van der Waals surface area contributed by atoms with Crippen LogP contribution < -0.4 is 5.32 Å². The molecule has 4 aromatic rings. The van der Waals surface area contributed by atoms with Crippen molar-refractivity contribution in [3.05, 3.63) is 36.7 Å². The lowest BCUT2D eigenvalue weighted by Crippen LogP contribution is -2.40. The van der Waals surface area contributed by atoms with Crippen LogP contribution in [0.4, 0.5) is 5.95 Å². The molecule has 1 aromatic carbocycles. The number of methoxy groups -OCH3 is 1. The van der Waals surface area contributed by atoms with Crippen molar-refractivity contribution >= 4 is 22.5 Å². The number of aromatic nitrogens is 6. The minimum atomic E-state index is 0.353. The lowest BCUT2D eigenvalue weighted by atomic mass is 9.89. The maximum absolute atomic E-state index is 5.31. The lowest BCUT2D eigenvalue weighted by Gasteiger charge is -2.34. The van der Waals surface area contributed by atoms with E-state index in [9.17, 15) is 0 Å². The van der Waals surface area contributed by atoms with Gasteiger partial charge < -0.3 is 10.1 Å². The molecule has 1 aliphatic carbocycles. The molecule has 0 saturated heterocycles. The summed E-state index contributed by atoms with van der Waals surface area (Å²) in [5.74, 6) is 0.644. The largest absolute Gasteiger partial charge is 0.381 e. The summed E-state index contributed by atoms with van der Waals surface area (Å²) in [5.41, 5.74) is 5.03. The topological polar surface area (TPSA) is 82.2 Å². The minimum absolute atomic E-state index is 0.353. The van der Waals surface area contributed by atoms with Gasteiger partial charge >= 0.3 is 0 Å². The number of rotatable bonds is 4. The summed E-state index contributed by atoms with van der Waals surface area (Å²) in [7, 11) is 3.65. The summed E-state index contributed by atoms with van der Waals surface area (Å²) in [5, 5.41) is 16.2. The van der Waals surface area contributed by atoms with Crippen LogP contribution in [0.5, 0.6) is 0 Å². The van der Waals surface area contributed by atoms with E-state index >= 15 is 0 Å². The fourth-order valence-electron chi connectivity index (χ4n) is 3.47. The second kappa shape index (κ2) is 5.77. The van der Waals surface area contributed by atoms with E-state index in [1.807, 2.05) is 30.0 Å². The van der Waals surface area contributed by atoms with Crippen molar-refractivity contribution < 1.29 is 4.74 Å². The van der Waals surface area contributed by atoms with Crippen LogP contribution in [0, 0.1) is 0 Å². The number of nitrogens with one attached hydrogen (secondary N) is 1. The fraction of sp³-hybridized carbons (Fsp3) is 0.333. The molecule has 5 rings (SSSR count). The van der Waals surface area contributed by atoms with E-state index in [0.29, 0.717) is 18.1 Å². The Labute approximate surface area is 149 Å². The van der Waals surface area contributed by atoms with E-state index in [4.69, 9.17) is 4.74 Å². The van der Waals surface area contributed by atoms with Crippen molar-refractivity contribution in [2.24, 2.45) is 7.05 Å². The van der Waals surface area contributed by atoms with Crippen LogP contribution in [-0.4, -0.2) is 48.8 Å². The Morgan fingerprint density at radius 2 is 2.08 bits per heavy atom. The van der Waals surface area contributed by atoms with Gasteiger partial charge in [-0.3, -0.25) is 0 Å². The highest BCUT2D eigenvalue weighted by atomic mass is 16.5. The summed E-state index contributed by atoms with van der Waals surface area (Å²) in [6, 6.07) is 8.57. The van der Waals surface area contributed by atoms with E-state index < -0.39 is 0 Å². The van der Waals surface area contributed by atoms with E-state index in [1.165, 1.54) is 0 Å². The van der Waals surface area contributed by atoms with Gasteiger partial charge in [0.15, 0.2) is 0 Å². The normalized spacial score (nSPS) is 19.8. The number of fused-ring (bicyclic) bond motifs is 2. The molecule has 8 heteroatoms. The van der Waals surface area contributed by atoms with E-state index in [-0.39, 0.29) is 0 Å². The smallest absolute Gasteiger partial charge is 0.241 e. The lowest BCUT2D eigenvalue weighted by molar-refractivity contribution is 0.0326. The Balaban J connectivity index is 1.46. The van der Waals surface area contributed by atoms with Crippen LogP contribution in [0.3, 0.4) is 0 Å². The fourth-order valence-corrected chi connectivity index (χ4v) is 3.47. The van der Waals surface area contributed by atoms with Crippen molar-refractivity contribution in [3.63, 3.8) is 0 Å². The number of anilines is 1. The van der Waals surface area contributed by atoms with Crippen LogP contribution in [0.25, 0.3) is 27.7 Å². The number of hydrogen-bond acceptors (Lipinski definition) is 6. The summed E-state index contributed by atoms with van der Waals surface area (Å²) in [4.78, 5) is 4.49. The molecule has 1 N–H and O–H groups in total. The molecule has 1 fully saturated rings. The first-order chi connectivity index (χ1) is 12.7. The average molecular weight is 349 g/mol. The zero-order valence-corrected chi connectivity index (χ0v) is 14.6. The number of ether oxygens (including phenoxy) is 1. The Morgan fingerprint density at radius 3 is 2.92 bits per heavy atom. The molecule has 8 nitrogen and oxygen atoms in total. The molecule has 132 valence electrons. The summed E-state index contributed by atoms with van der Waals surface area (Å²) >= 11 is 0. The van der Waals surface area contributed by atoms with Crippen molar-refractivity contribution in [1.82, 2.24) is 29.6 Å². The molecule has 0 amide bonds. The van der Waals surface area contributed by atoms with Gasteiger partial charge in [-0.15, -0.1) is 10.2 Å². The third-order valence-electron chi connectivity index (χ3n) is 5.10. The van der Waals surface area contributed by atoms with Gasteiger partial charge in [-0.1, -0.05) is 11.3 Å². The van der Waals surface area contributed by atoms with E-state index in [2.05, 4.69) is 43.9 Å². The highest BCUT2D eigenvalue weighted by Gasteiger charge is 2.29. The molecule has 0 radical (unpaired) electrons. The summed E-state index contributed by atoms with van der Waals surface area (Å²) in [6.07, 6.45) is 6.16. The molecular weight excluding hydrogens is 330 g/mol. The van der Waals surface area contributed by atoms with Crippen molar-refractivity contribution in [2.75, 3.05) is 12.4 Å². The third-order valence-corrected chi connectivity index (χ3v) is 5.10. The van der Waals surface area contributed by atoms with Crippen molar-refractivity contribution in [1.29, 1.82) is 0 Å².